The first-order valence-electron chi connectivity index (χ1n) is 20.9. The van der Waals surface area contributed by atoms with E-state index in [1.54, 1.807) is 24.4 Å². The molecule has 16 nitrogen and oxygen atoms in total. The summed E-state index contributed by atoms with van der Waals surface area (Å²) < 4.78 is 35.1. The Morgan fingerprint density at radius 3 is 2.43 bits per heavy atom. The molecule has 3 amide bonds. The molecule has 2 aliphatic carbocycles. The standard InChI is InChI=1S/C42H49FN10O6S/c1-24-19-26(3-4-28(24)45-38-44-20-27-35(48-38)47-37(56)41(27)11-12-41)60(59)49-42(58)22-40(23-42)13-17-51(18-14-40)21-25-9-15-52(16-10-25)29-5-6-30-34(33(29)43)50(2)39(57)53(30)31-7-8-32(54)46-36(31)55/h3-6,19-20,25,31,49,58H,7-18,21-23H2,1-2H3,(H,46,54,55)(H2,44,45,47,48,56). The predicted molar refractivity (Wildman–Crippen MR) is 221 cm³/mol. The lowest BCUT2D eigenvalue weighted by Gasteiger charge is -2.56. The fourth-order valence-corrected chi connectivity index (χ4v) is 11.6. The van der Waals surface area contributed by atoms with Crippen molar-refractivity contribution in [1.82, 2.24) is 34.0 Å². The van der Waals surface area contributed by atoms with Gasteiger partial charge in [0.1, 0.15) is 34.1 Å². The molecule has 4 aliphatic heterocycles. The number of carbonyl (C=O) groups is 3. The highest BCUT2D eigenvalue weighted by Crippen LogP contribution is 2.55. The maximum Gasteiger partial charge on any atom is 0.329 e. The summed E-state index contributed by atoms with van der Waals surface area (Å²) in [4.78, 5) is 63.9. The number of benzene rings is 2. The smallest absolute Gasteiger partial charge is 0.329 e. The minimum atomic E-state index is -1.62. The van der Waals surface area contributed by atoms with E-state index in [0.717, 1.165) is 75.0 Å². The SMILES string of the molecule is Cc1cc(S(=O)NC2(O)CC3(CCN(CC4CCN(c5ccc6c(c5F)n(C)c(=O)n6C5CCC(=O)NC5=O)CC4)CC3)C2)ccc1Nc1ncc2c(n1)NC(=O)C21CC1. The van der Waals surface area contributed by atoms with Crippen LogP contribution in [-0.2, 0) is 37.8 Å². The van der Waals surface area contributed by atoms with Gasteiger partial charge in [-0.05, 0) is 125 Å². The molecular formula is C42H49FN10O6S. The Hall–Kier alpha value is -5.04. The largest absolute Gasteiger partial charge is 0.375 e. The Balaban J connectivity index is 0.695. The number of nitrogens with zero attached hydrogens (tertiary/aromatic N) is 6. The molecule has 10 rings (SSSR count). The Labute approximate surface area is 347 Å². The number of carbonyl (C=O) groups excluding carboxylic acids is 3. The van der Waals surface area contributed by atoms with Crippen molar-refractivity contribution in [3.63, 3.8) is 0 Å². The second-order valence-corrected chi connectivity index (χ2v) is 19.2. The van der Waals surface area contributed by atoms with Gasteiger partial charge in [0.05, 0.1) is 21.5 Å². The first kappa shape index (κ1) is 39.1. The highest BCUT2D eigenvalue weighted by molar-refractivity contribution is 7.83. The molecule has 2 saturated carbocycles. The summed E-state index contributed by atoms with van der Waals surface area (Å²) in [5.41, 5.74) is 1.25. The molecule has 6 aliphatic rings. The van der Waals surface area contributed by atoms with Gasteiger partial charge in [-0.3, -0.25) is 28.8 Å². The van der Waals surface area contributed by atoms with Crippen LogP contribution in [0.25, 0.3) is 11.0 Å². The van der Waals surface area contributed by atoms with E-state index in [1.807, 2.05) is 24.0 Å². The minimum Gasteiger partial charge on any atom is -0.375 e. The van der Waals surface area contributed by atoms with Crippen LogP contribution in [0.3, 0.4) is 0 Å². The molecule has 2 spiro atoms. The second kappa shape index (κ2) is 14.3. The van der Waals surface area contributed by atoms with E-state index >= 15 is 4.39 Å². The Morgan fingerprint density at radius 2 is 1.73 bits per heavy atom. The third-order valence-electron chi connectivity index (χ3n) is 14.1. The van der Waals surface area contributed by atoms with Crippen LogP contribution < -0.4 is 31.3 Å². The molecule has 3 saturated heterocycles. The number of aryl methyl sites for hydroxylation is 2. The minimum absolute atomic E-state index is 0.0113. The summed E-state index contributed by atoms with van der Waals surface area (Å²) in [6, 6.07) is 7.94. The highest BCUT2D eigenvalue weighted by Gasteiger charge is 2.57. The van der Waals surface area contributed by atoms with Crippen molar-refractivity contribution in [3.05, 3.63) is 64.0 Å². The van der Waals surface area contributed by atoms with Crippen molar-refractivity contribution < 1.29 is 28.1 Å². The maximum atomic E-state index is 16.2. The Bertz CT molecular complexity index is 2550. The van der Waals surface area contributed by atoms with E-state index in [9.17, 15) is 28.5 Å². The van der Waals surface area contributed by atoms with Crippen LogP contribution in [0.2, 0.25) is 0 Å². The van der Waals surface area contributed by atoms with E-state index in [2.05, 4.69) is 35.5 Å². The van der Waals surface area contributed by atoms with Crippen LogP contribution in [0, 0.1) is 24.1 Å². The number of rotatable bonds is 9. The summed E-state index contributed by atoms with van der Waals surface area (Å²) in [7, 11) is -0.111. The lowest BCUT2D eigenvalue weighted by Crippen LogP contribution is -2.63. The quantitative estimate of drug-likeness (QED) is 0.123. The predicted octanol–water partition coefficient (Wildman–Crippen LogP) is 3.38. The molecule has 6 heterocycles. The van der Waals surface area contributed by atoms with Gasteiger partial charge in [0, 0.05) is 50.6 Å². The zero-order valence-electron chi connectivity index (χ0n) is 33.7. The van der Waals surface area contributed by atoms with E-state index in [4.69, 9.17) is 0 Å². The van der Waals surface area contributed by atoms with Gasteiger partial charge in [-0.15, -0.1) is 0 Å². The van der Waals surface area contributed by atoms with Gasteiger partial charge in [-0.2, -0.15) is 4.98 Å². The van der Waals surface area contributed by atoms with Crippen LogP contribution in [0.15, 0.2) is 46.2 Å². The molecule has 2 unspecified atom stereocenters. The van der Waals surface area contributed by atoms with E-state index in [-0.39, 0.29) is 35.6 Å². The number of imidazole rings is 1. The summed E-state index contributed by atoms with van der Waals surface area (Å²) in [6.07, 6.45) is 8.48. The number of piperidine rings is 3. The molecule has 5 N–H and O–H groups in total. The topological polar surface area (TPSA) is 196 Å². The summed E-state index contributed by atoms with van der Waals surface area (Å²) >= 11 is 0. The summed E-state index contributed by atoms with van der Waals surface area (Å²) in [6.45, 7) is 6.09. The molecule has 316 valence electrons. The Kier molecular flexibility index (Phi) is 9.31. The monoisotopic (exact) mass is 840 g/mol. The lowest BCUT2D eigenvalue weighted by molar-refractivity contribution is -0.155. The van der Waals surface area contributed by atoms with E-state index in [0.29, 0.717) is 59.7 Å². The fraction of sp³-hybridized carbons (Fsp3) is 0.524. The molecule has 4 aromatic rings. The third-order valence-corrected chi connectivity index (χ3v) is 15.3. The molecule has 2 aromatic carbocycles. The highest BCUT2D eigenvalue weighted by atomic mass is 32.2. The summed E-state index contributed by atoms with van der Waals surface area (Å²) in [5, 5.41) is 19.8. The average molecular weight is 841 g/mol. The number of nitrogens with one attached hydrogen (secondary N) is 4. The number of aromatic nitrogens is 4. The molecule has 0 bridgehead atoms. The zero-order chi connectivity index (χ0) is 41.7. The van der Waals surface area contributed by atoms with Gasteiger partial charge in [-0.1, -0.05) is 0 Å². The van der Waals surface area contributed by atoms with Gasteiger partial charge < -0.3 is 25.5 Å². The van der Waals surface area contributed by atoms with Crippen LogP contribution in [0.4, 0.5) is 27.5 Å². The first-order chi connectivity index (χ1) is 28.7. The number of hydrogen-bond donors (Lipinski definition) is 5. The third kappa shape index (κ3) is 6.62. The second-order valence-electron chi connectivity index (χ2n) is 18.0. The van der Waals surface area contributed by atoms with Gasteiger partial charge >= 0.3 is 5.69 Å². The fourth-order valence-electron chi connectivity index (χ4n) is 10.5. The van der Waals surface area contributed by atoms with Gasteiger partial charge in [0.25, 0.3) is 0 Å². The number of imide groups is 1. The molecule has 2 atom stereocenters. The molecular weight excluding hydrogens is 792 g/mol. The number of hydrogen-bond acceptors (Lipinski definition) is 11. The number of amides is 3. The molecule has 18 heteroatoms. The van der Waals surface area contributed by atoms with Crippen molar-refractivity contribution in [2.45, 2.75) is 93.2 Å². The zero-order valence-corrected chi connectivity index (χ0v) is 34.5. The van der Waals surface area contributed by atoms with Crippen LogP contribution >= 0.6 is 0 Å². The van der Waals surface area contributed by atoms with E-state index in [1.165, 1.54) is 16.2 Å². The number of aliphatic hydroxyl groups is 1. The molecule has 2 aromatic heterocycles. The Morgan fingerprint density at radius 1 is 0.983 bits per heavy atom. The molecule has 60 heavy (non-hydrogen) atoms. The van der Waals surface area contributed by atoms with Crippen LogP contribution in [0.5, 0.6) is 0 Å². The van der Waals surface area contributed by atoms with Crippen molar-refractivity contribution in [3.8, 4) is 0 Å². The van der Waals surface area contributed by atoms with Gasteiger partial charge in [0.2, 0.25) is 23.7 Å². The number of halogens is 1. The van der Waals surface area contributed by atoms with Crippen molar-refractivity contribution in [2.24, 2.45) is 18.4 Å². The molecule has 5 fully saturated rings. The number of fused-ring (bicyclic) bond motifs is 3. The van der Waals surface area contributed by atoms with E-state index < -0.39 is 45.6 Å². The first-order valence-corrected chi connectivity index (χ1v) is 22.1. The van der Waals surface area contributed by atoms with Crippen molar-refractivity contribution >= 4 is 62.9 Å². The normalized spacial score (nSPS) is 23.7. The molecule has 0 radical (unpaired) electrons. The number of likely N-dealkylation sites (tertiary alicyclic amines) is 1. The number of anilines is 4. The van der Waals surface area contributed by atoms with Crippen molar-refractivity contribution in [2.75, 3.05) is 48.3 Å². The van der Waals surface area contributed by atoms with Crippen LogP contribution in [-0.4, -0.2) is 89.5 Å². The van der Waals surface area contributed by atoms with Gasteiger partial charge in [0.15, 0.2) is 5.82 Å². The lowest BCUT2D eigenvalue weighted by atomic mass is 9.58. The van der Waals surface area contributed by atoms with Crippen LogP contribution in [0.1, 0.15) is 81.4 Å². The van der Waals surface area contributed by atoms with Gasteiger partial charge in [-0.25, -0.2) is 23.1 Å². The average Bonchev–Trinajstić information content (AvgIpc) is 3.92. The summed E-state index contributed by atoms with van der Waals surface area (Å²) in [5.74, 6) is -0.0371. The van der Waals surface area contributed by atoms with Crippen molar-refractivity contribution in [1.29, 1.82) is 0 Å². The maximum absolute atomic E-state index is 16.2.